The zero-order chi connectivity index (χ0) is 21.3. The molecule has 1 N–H and O–H groups in total. The third kappa shape index (κ3) is 7.17. The average molecular weight is 405 g/mol. The van der Waals surface area contributed by atoms with Crippen LogP contribution >= 0.6 is 0 Å². The number of hydrogen-bond donors (Lipinski definition) is 1. The molecule has 0 bridgehead atoms. The summed E-state index contributed by atoms with van der Waals surface area (Å²) in [6.07, 6.45) is -0.426. The Morgan fingerprint density at radius 1 is 1.07 bits per heavy atom. The highest BCUT2D eigenvalue weighted by molar-refractivity contribution is 5.95. The zero-order valence-electron chi connectivity index (χ0n) is 15.2. The van der Waals surface area contributed by atoms with Crippen molar-refractivity contribution in [3.63, 3.8) is 0 Å². The van der Waals surface area contributed by atoms with Crippen molar-refractivity contribution < 1.29 is 32.2 Å². The molecular weight excluding hydrogens is 387 g/mol. The van der Waals surface area contributed by atoms with Gasteiger partial charge in [-0.3, -0.25) is 4.79 Å². The predicted octanol–water partition coefficient (Wildman–Crippen LogP) is 4.47. The molecule has 0 radical (unpaired) electrons. The van der Waals surface area contributed by atoms with E-state index in [4.69, 9.17) is 9.47 Å². The fourth-order valence-corrected chi connectivity index (χ4v) is 2.20. The second-order valence-corrected chi connectivity index (χ2v) is 5.70. The number of carbonyl (C=O) groups is 2. The van der Waals surface area contributed by atoms with E-state index in [-0.39, 0.29) is 0 Å². The highest BCUT2D eigenvalue weighted by atomic mass is 19.4. The molecule has 0 aliphatic heterocycles. The topological polar surface area (TPSA) is 64.6 Å². The number of ether oxygens (including phenoxy) is 2. The first-order valence-corrected chi connectivity index (χ1v) is 8.44. The third-order valence-electron chi connectivity index (χ3n) is 3.51. The molecule has 0 heterocycles. The Kier molecular flexibility index (Phi) is 7.59. The first-order valence-electron chi connectivity index (χ1n) is 8.44. The molecule has 152 valence electrons. The predicted molar refractivity (Wildman–Crippen MR) is 102 cm³/mol. The molecule has 5 nitrogen and oxygen atoms in total. The Morgan fingerprint density at radius 2 is 1.76 bits per heavy atom. The molecule has 0 atom stereocenters. The molecule has 29 heavy (non-hydrogen) atoms. The fourth-order valence-electron chi connectivity index (χ4n) is 2.20. The van der Waals surface area contributed by atoms with Gasteiger partial charge in [-0.1, -0.05) is 36.9 Å². The van der Waals surface area contributed by atoms with Gasteiger partial charge in [0, 0.05) is 6.08 Å². The van der Waals surface area contributed by atoms with Crippen LogP contribution in [-0.2, 0) is 20.5 Å². The van der Waals surface area contributed by atoms with Crippen LogP contribution in [0.25, 0.3) is 6.08 Å². The van der Waals surface area contributed by atoms with E-state index in [1.54, 1.807) is 30.3 Å². The average Bonchev–Trinajstić information content (AvgIpc) is 2.69. The van der Waals surface area contributed by atoms with Gasteiger partial charge in [-0.05, 0) is 35.9 Å². The highest BCUT2D eigenvalue weighted by Gasteiger charge is 2.33. The standard InChI is InChI=1S/C21H18F3NO4/c1-2-13-28-16-10-7-15(8-11-16)9-12-20(27)29-14-19(26)25-18-6-4-3-5-17(18)21(22,23)24/h2-12H,1,13-14H2,(H,25,26)/b12-9+. The van der Waals surface area contributed by atoms with Crippen molar-refractivity contribution >= 4 is 23.6 Å². The first-order chi connectivity index (χ1) is 13.8. The van der Waals surface area contributed by atoms with E-state index in [0.717, 1.165) is 18.2 Å². The second-order valence-electron chi connectivity index (χ2n) is 5.70. The van der Waals surface area contributed by atoms with Crippen molar-refractivity contribution in [3.8, 4) is 5.75 Å². The molecule has 2 aromatic rings. The lowest BCUT2D eigenvalue weighted by molar-refractivity contribution is -0.142. The van der Waals surface area contributed by atoms with Crippen LogP contribution in [-0.4, -0.2) is 25.1 Å². The van der Waals surface area contributed by atoms with Gasteiger partial charge in [0.25, 0.3) is 5.91 Å². The number of alkyl halides is 3. The molecule has 1 amide bonds. The summed E-state index contributed by atoms with van der Waals surface area (Å²) in [5.41, 5.74) is -0.702. The molecular formula is C21H18F3NO4. The second kappa shape index (κ2) is 10.1. The number of esters is 1. The summed E-state index contributed by atoms with van der Waals surface area (Å²) in [6, 6.07) is 11.4. The monoisotopic (exact) mass is 405 g/mol. The van der Waals surface area contributed by atoms with Gasteiger partial charge in [-0.15, -0.1) is 0 Å². The Morgan fingerprint density at radius 3 is 2.41 bits per heavy atom. The minimum Gasteiger partial charge on any atom is -0.490 e. The van der Waals surface area contributed by atoms with Crippen LogP contribution in [0.4, 0.5) is 18.9 Å². The Balaban J connectivity index is 1.85. The van der Waals surface area contributed by atoms with Crippen LogP contribution in [0.5, 0.6) is 5.75 Å². The summed E-state index contributed by atoms with van der Waals surface area (Å²) in [5, 5.41) is 2.09. The van der Waals surface area contributed by atoms with Crippen LogP contribution in [0.1, 0.15) is 11.1 Å². The minimum atomic E-state index is -4.62. The van der Waals surface area contributed by atoms with Gasteiger partial charge in [0.15, 0.2) is 6.61 Å². The van der Waals surface area contributed by atoms with Crippen LogP contribution in [0.3, 0.4) is 0 Å². The van der Waals surface area contributed by atoms with Crippen molar-refractivity contribution in [3.05, 3.63) is 78.4 Å². The number of carbonyl (C=O) groups excluding carboxylic acids is 2. The van der Waals surface area contributed by atoms with E-state index in [1.165, 1.54) is 18.2 Å². The number of para-hydroxylation sites is 1. The van der Waals surface area contributed by atoms with E-state index in [1.807, 2.05) is 0 Å². The maximum Gasteiger partial charge on any atom is 0.418 e. The maximum absolute atomic E-state index is 12.9. The SMILES string of the molecule is C=CCOc1ccc(/C=C/C(=O)OCC(=O)Nc2ccccc2C(F)(F)F)cc1. The molecule has 2 aromatic carbocycles. The van der Waals surface area contributed by atoms with Crippen molar-refractivity contribution in [2.45, 2.75) is 6.18 Å². The lowest BCUT2D eigenvalue weighted by Crippen LogP contribution is -2.22. The molecule has 0 aromatic heterocycles. The molecule has 0 saturated heterocycles. The van der Waals surface area contributed by atoms with Crippen molar-refractivity contribution in [2.75, 3.05) is 18.5 Å². The molecule has 0 saturated carbocycles. The van der Waals surface area contributed by atoms with Crippen molar-refractivity contribution in [1.29, 1.82) is 0 Å². The molecule has 0 fully saturated rings. The van der Waals surface area contributed by atoms with Gasteiger partial charge in [0.05, 0.1) is 11.3 Å². The van der Waals surface area contributed by atoms with E-state index in [2.05, 4.69) is 11.9 Å². The molecule has 0 aliphatic rings. The molecule has 0 spiro atoms. The highest BCUT2D eigenvalue weighted by Crippen LogP contribution is 2.34. The maximum atomic E-state index is 12.9. The number of halogens is 3. The van der Waals surface area contributed by atoms with Crippen LogP contribution < -0.4 is 10.1 Å². The van der Waals surface area contributed by atoms with E-state index in [9.17, 15) is 22.8 Å². The lowest BCUT2D eigenvalue weighted by Gasteiger charge is -2.13. The van der Waals surface area contributed by atoms with Crippen LogP contribution in [0, 0.1) is 0 Å². The smallest absolute Gasteiger partial charge is 0.418 e. The summed E-state index contributed by atoms with van der Waals surface area (Å²) >= 11 is 0. The largest absolute Gasteiger partial charge is 0.490 e. The lowest BCUT2D eigenvalue weighted by atomic mass is 10.1. The van der Waals surface area contributed by atoms with Crippen LogP contribution in [0.15, 0.2) is 67.3 Å². The quantitative estimate of drug-likeness (QED) is 0.400. The molecule has 8 heteroatoms. The van der Waals surface area contributed by atoms with Gasteiger partial charge < -0.3 is 14.8 Å². The van der Waals surface area contributed by atoms with E-state index in [0.29, 0.717) is 17.9 Å². The van der Waals surface area contributed by atoms with Gasteiger partial charge >= 0.3 is 12.1 Å². The number of anilines is 1. The van der Waals surface area contributed by atoms with Gasteiger partial charge in [-0.2, -0.15) is 13.2 Å². The number of rotatable bonds is 8. The van der Waals surface area contributed by atoms with Crippen molar-refractivity contribution in [2.24, 2.45) is 0 Å². The number of nitrogens with one attached hydrogen (secondary N) is 1. The fraction of sp³-hybridized carbons (Fsp3) is 0.143. The van der Waals surface area contributed by atoms with E-state index >= 15 is 0 Å². The number of hydrogen-bond acceptors (Lipinski definition) is 4. The van der Waals surface area contributed by atoms with Crippen LogP contribution in [0.2, 0.25) is 0 Å². The summed E-state index contributed by atoms with van der Waals surface area (Å²) in [5.74, 6) is -1.05. The summed E-state index contributed by atoms with van der Waals surface area (Å²) in [4.78, 5) is 23.5. The zero-order valence-corrected chi connectivity index (χ0v) is 15.2. The Bertz CT molecular complexity index is 890. The van der Waals surface area contributed by atoms with E-state index < -0.39 is 35.9 Å². The minimum absolute atomic E-state index is 0.372. The normalized spacial score (nSPS) is 11.1. The molecule has 0 aliphatic carbocycles. The Labute approximate surface area is 165 Å². The van der Waals surface area contributed by atoms with Crippen molar-refractivity contribution in [1.82, 2.24) is 0 Å². The summed E-state index contributed by atoms with van der Waals surface area (Å²) in [6.45, 7) is 3.20. The third-order valence-corrected chi connectivity index (χ3v) is 3.51. The number of amides is 1. The molecule has 2 rings (SSSR count). The summed E-state index contributed by atoms with van der Waals surface area (Å²) in [7, 11) is 0. The van der Waals surface area contributed by atoms with Gasteiger partial charge in [0.1, 0.15) is 12.4 Å². The summed E-state index contributed by atoms with van der Waals surface area (Å²) < 4.78 is 48.8. The number of benzene rings is 2. The first kappa shape index (κ1) is 21.7. The van der Waals surface area contributed by atoms with Gasteiger partial charge in [0.2, 0.25) is 0 Å². The molecule has 0 unspecified atom stereocenters. The van der Waals surface area contributed by atoms with Gasteiger partial charge in [-0.25, -0.2) is 4.79 Å². The Hall–Kier alpha value is -3.55.